The summed E-state index contributed by atoms with van der Waals surface area (Å²) in [6.07, 6.45) is 8.00. The Morgan fingerprint density at radius 2 is 2.23 bits per heavy atom. The van der Waals surface area contributed by atoms with Gasteiger partial charge in [-0.2, -0.15) is 0 Å². The third kappa shape index (κ3) is 3.02. The minimum atomic E-state index is -0.491. The second-order valence-corrected chi connectivity index (χ2v) is 6.83. The molecule has 1 heterocycles. The molecule has 4 nitrogen and oxygen atoms in total. The van der Waals surface area contributed by atoms with E-state index in [4.69, 9.17) is 12.2 Å². The van der Waals surface area contributed by atoms with Crippen molar-refractivity contribution in [2.45, 2.75) is 35.8 Å². The maximum absolute atomic E-state index is 12.7. The molecule has 3 N–H and O–H groups in total. The van der Waals surface area contributed by atoms with Crippen LogP contribution in [0.15, 0.2) is 27.9 Å². The second kappa shape index (κ2) is 5.90. The van der Waals surface area contributed by atoms with E-state index in [0.717, 1.165) is 4.90 Å². The van der Waals surface area contributed by atoms with Crippen molar-refractivity contribution in [3.63, 3.8) is 0 Å². The summed E-state index contributed by atoms with van der Waals surface area (Å²) in [6, 6.07) is 5.78. The highest BCUT2D eigenvalue weighted by molar-refractivity contribution is 8.00. The number of pyridine rings is 1. The van der Waals surface area contributed by atoms with Gasteiger partial charge in [-0.15, -0.1) is 24.1 Å². The van der Waals surface area contributed by atoms with E-state index in [0.29, 0.717) is 27.4 Å². The molecule has 1 amide bonds. The third-order valence-corrected chi connectivity index (χ3v) is 4.95. The van der Waals surface area contributed by atoms with E-state index in [1.165, 1.54) is 12.8 Å². The van der Waals surface area contributed by atoms with Gasteiger partial charge in [-0.3, -0.25) is 9.59 Å². The van der Waals surface area contributed by atoms with Crippen molar-refractivity contribution in [1.82, 2.24) is 4.98 Å². The number of aromatic nitrogens is 1. The van der Waals surface area contributed by atoms with Crippen LogP contribution in [0.4, 0.5) is 0 Å². The zero-order valence-electron chi connectivity index (χ0n) is 12.0. The first-order valence-electron chi connectivity index (χ1n) is 7.14. The lowest BCUT2D eigenvalue weighted by Gasteiger charge is -2.09. The van der Waals surface area contributed by atoms with Gasteiger partial charge in [0, 0.05) is 38.7 Å². The smallest absolute Gasteiger partial charge is 0.223 e. The molecule has 0 saturated heterocycles. The Bertz CT molecular complexity index is 844. The number of hydrogen-bond donors (Lipinski definition) is 2. The molecule has 0 radical (unpaired) electrons. The van der Waals surface area contributed by atoms with Crippen LogP contribution in [0, 0.1) is 12.3 Å². The summed E-state index contributed by atoms with van der Waals surface area (Å²) in [4.78, 5) is 28.1. The number of primary amides is 1. The zero-order valence-corrected chi connectivity index (χ0v) is 12.8. The van der Waals surface area contributed by atoms with Crippen molar-refractivity contribution in [3.05, 3.63) is 39.7 Å². The average Bonchev–Trinajstić information content (AvgIpc) is 3.27. The molecular weight excluding hydrogens is 296 g/mol. The number of amides is 1. The van der Waals surface area contributed by atoms with Gasteiger partial charge in [0.25, 0.3) is 0 Å². The number of hydrogen-bond acceptors (Lipinski definition) is 3. The molecule has 0 bridgehead atoms. The molecule has 1 aliphatic rings. The molecule has 2 aromatic rings. The molecule has 1 aromatic heterocycles. The van der Waals surface area contributed by atoms with E-state index < -0.39 is 5.91 Å². The van der Waals surface area contributed by atoms with Crippen molar-refractivity contribution in [3.8, 4) is 12.3 Å². The molecule has 3 rings (SSSR count). The molecular formula is C17H16N2O2S. The topological polar surface area (TPSA) is 76.0 Å². The van der Waals surface area contributed by atoms with Gasteiger partial charge in [-0.1, -0.05) is 0 Å². The Hall–Kier alpha value is -2.19. The number of nitrogens with two attached hydrogens (primary N) is 1. The van der Waals surface area contributed by atoms with Crippen LogP contribution < -0.4 is 11.2 Å². The fourth-order valence-corrected chi connectivity index (χ4v) is 3.51. The summed E-state index contributed by atoms with van der Waals surface area (Å²) in [7, 11) is 0. The van der Waals surface area contributed by atoms with E-state index in [2.05, 4.69) is 10.9 Å². The van der Waals surface area contributed by atoms with E-state index in [9.17, 15) is 9.59 Å². The van der Waals surface area contributed by atoms with Crippen LogP contribution in [0.5, 0.6) is 0 Å². The van der Waals surface area contributed by atoms with E-state index >= 15 is 0 Å². The number of nitrogens with one attached hydrogen (secondary N) is 1. The predicted molar refractivity (Wildman–Crippen MR) is 88.9 cm³/mol. The molecule has 0 spiro atoms. The van der Waals surface area contributed by atoms with E-state index in [1.54, 1.807) is 11.8 Å². The van der Waals surface area contributed by atoms with Gasteiger partial charge in [0.1, 0.15) is 0 Å². The maximum atomic E-state index is 12.7. The van der Waals surface area contributed by atoms with Crippen molar-refractivity contribution in [2.24, 2.45) is 5.73 Å². The minimum Gasteiger partial charge on any atom is -0.369 e. The molecule has 1 aliphatic carbocycles. The van der Waals surface area contributed by atoms with Crippen molar-refractivity contribution in [2.75, 3.05) is 0 Å². The number of carbonyl (C=O) groups is 1. The quantitative estimate of drug-likeness (QED) is 0.829. The highest BCUT2D eigenvalue weighted by Crippen LogP contribution is 2.39. The van der Waals surface area contributed by atoms with Gasteiger partial charge in [-0.05, 0) is 31.0 Å². The first-order chi connectivity index (χ1) is 10.6. The predicted octanol–water partition coefficient (Wildman–Crippen LogP) is 1.99. The summed E-state index contributed by atoms with van der Waals surface area (Å²) in [5, 5.41) is 1.29. The fraction of sp³-hybridized carbons (Fsp3) is 0.294. The fourth-order valence-electron chi connectivity index (χ4n) is 2.42. The number of aromatic amines is 1. The summed E-state index contributed by atoms with van der Waals surface area (Å²) in [5.74, 6) is 1.99. The highest BCUT2D eigenvalue weighted by Gasteiger charge is 2.23. The molecule has 5 heteroatoms. The lowest BCUT2D eigenvalue weighted by Crippen LogP contribution is -2.21. The molecule has 112 valence electrons. The number of thioether (sulfide) groups is 1. The van der Waals surface area contributed by atoms with Crippen molar-refractivity contribution < 1.29 is 4.79 Å². The number of H-pyrrole nitrogens is 1. The molecule has 1 aromatic carbocycles. The van der Waals surface area contributed by atoms with Crippen LogP contribution in [0.1, 0.15) is 24.1 Å². The van der Waals surface area contributed by atoms with E-state index in [1.807, 2.05) is 18.2 Å². The van der Waals surface area contributed by atoms with Crippen molar-refractivity contribution in [1.29, 1.82) is 0 Å². The van der Waals surface area contributed by atoms with Gasteiger partial charge in [0.15, 0.2) is 5.43 Å². The molecule has 1 fully saturated rings. The maximum Gasteiger partial charge on any atom is 0.223 e. The summed E-state index contributed by atoms with van der Waals surface area (Å²) in [6.45, 7) is 0. The average molecular weight is 312 g/mol. The normalized spacial score (nSPS) is 14.0. The Kier molecular flexibility index (Phi) is 3.95. The Morgan fingerprint density at radius 3 is 2.86 bits per heavy atom. The molecule has 22 heavy (non-hydrogen) atoms. The first kappa shape index (κ1) is 14.7. The number of fused-ring (bicyclic) bond motifs is 1. The number of terminal acetylenes is 1. The van der Waals surface area contributed by atoms with Crippen LogP contribution in [0.3, 0.4) is 0 Å². The Labute approximate surface area is 132 Å². The summed E-state index contributed by atoms with van der Waals surface area (Å²) < 4.78 is 0. The Morgan fingerprint density at radius 1 is 1.45 bits per heavy atom. The molecule has 1 saturated carbocycles. The zero-order chi connectivity index (χ0) is 15.7. The van der Waals surface area contributed by atoms with Gasteiger partial charge >= 0.3 is 0 Å². The van der Waals surface area contributed by atoms with Crippen LogP contribution >= 0.6 is 11.8 Å². The molecule has 0 unspecified atom stereocenters. The van der Waals surface area contributed by atoms with E-state index in [-0.39, 0.29) is 18.3 Å². The second-order valence-electron chi connectivity index (χ2n) is 5.46. The summed E-state index contributed by atoms with van der Waals surface area (Å²) >= 11 is 1.80. The minimum absolute atomic E-state index is 0.0131. The summed E-state index contributed by atoms with van der Waals surface area (Å²) in [5.41, 5.74) is 6.83. The molecule has 0 atom stereocenters. The largest absolute Gasteiger partial charge is 0.369 e. The lowest BCUT2D eigenvalue weighted by molar-refractivity contribution is -0.117. The van der Waals surface area contributed by atoms with Crippen LogP contribution in [0.25, 0.3) is 10.9 Å². The van der Waals surface area contributed by atoms with Gasteiger partial charge < -0.3 is 10.7 Å². The van der Waals surface area contributed by atoms with Gasteiger partial charge in [0.05, 0.1) is 6.42 Å². The first-order valence-corrected chi connectivity index (χ1v) is 8.02. The van der Waals surface area contributed by atoms with Crippen LogP contribution in [0.2, 0.25) is 0 Å². The van der Waals surface area contributed by atoms with Gasteiger partial charge in [0.2, 0.25) is 5.91 Å². The number of carbonyl (C=O) groups excluding carboxylic acids is 1. The van der Waals surface area contributed by atoms with Crippen LogP contribution in [-0.2, 0) is 17.6 Å². The van der Waals surface area contributed by atoms with Gasteiger partial charge in [-0.25, -0.2) is 0 Å². The third-order valence-electron chi connectivity index (χ3n) is 3.62. The monoisotopic (exact) mass is 312 g/mol. The highest BCUT2D eigenvalue weighted by atomic mass is 32.2. The van der Waals surface area contributed by atoms with Crippen molar-refractivity contribution >= 4 is 28.6 Å². The standard InChI is InChI=1S/C17H16N2O2S/c1-2-3-12-15(9-16(18)20)19-14-7-6-11(22-10-4-5-10)8-13(14)17(12)21/h1,6-8,10H,3-5,9H2,(H2,18,20)(H,19,21). The Balaban J connectivity index is 2.13. The number of rotatable bonds is 5. The lowest BCUT2D eigenvalue weighted by atomic mass is 10.0. The molecule has 0 aliphatic heterocycles. The van der Waals surface area contributed by atoms with Crippen LogP contribution in [-0.4, -0.2) is 16.1 Å². The number of benzene rings is 1. The SMILES string of the molecule is C#CCc1c(CC(N)=O)[nH]c2ccc(SC3CC3)cc2c1=O.